The first-order valence-electron chi connectivity index (χ1n) is 6.19. The summed E-state index contributed by atoms with van der Waals surface area (Å²) >= 11 is 0. The SMILES string of the molecule is Bc1cc2c(cc1OCC)CCNCC2C. The Balaban J connectivity index is 2.40. The van der Waals surface area contributed by atoms with E-state index in [2.05, 4.69) is 32.2 Å². The molecule has 1 aromatic carbocycles. The minimum Gasteiger partial charge on any atom is -0.494 e. The summed E-state index contributed by atoms with van der Waals surface area (Å²) in [5.41, 5.74) is 4.20. The summed E-state index contributed by atoms with van der Waals surface area (Å²) in [6.07, 6.45) is 1.11. The summed E-state index contributed by atoms with van der Waals surface area (Å²) in [4.78, 5) is 0. The van der Waals surface area contributed by atoms with Gasteiger partial charge in [0.15, 0.2) is 0 Å². The Morgan fingerprint density at radius 1 is 1.50 bits per heavy atom. The molecule has 1 unspecified atom stereocenters. The zero-order valence-corrected chi connectivity index (χ0v) is 10.5. The molecule has 0 radical (unpaired) electrons. The highest BCUT2D eigenvalue weighted by Gasteiger charge is 2.16. The van der Waals surface area contributed by atoms with Crippen LogP contribution in [0.1, 0.15) is 30.9 Å². The first-order valence-corrected chi connectivity index (χ1v) is 6.19. The van der Waals surface area contributed by atoms with Crippen molar-refractivity contribution in [2.45, 2.75) is 26.2 Å². The molecule has 1 heterocycles. The monoisotopic (exact) mass is 217 g/mol. The molecule has 0 aliphatic carbocycles. The van der Waals surface area contributed by atoms with Crippen LogP contribution >= 0.6 is 0 Å². The van der Waals surface area contributed by atoms with E-state index < -0.39 is 0 Å². The van der Waals surface area contributed by atoms with Crippen LogP contribution in [0.4, 0.5) is 0 Å². The van der Waals surface area contributed by atoms with E-state index in [0.29, 0.717) is 5.92 Å². The van der Waals surface area contributed by atoms with E-state index in [1.54, 1.807) is 0 Å². The van der Waals surface area contributed by atoms with Gasteiger partial charge in [0.25, 0.3) is 0 Å². The lowest BCUT2D eigenvalue weighted by atomic mass is 9.86. The molecule has 2 nitrogen and oxygen atoms in total. The molecule has 3 heteroatoms. The van der Waals surface area contributed by atoms with E-state index in [9.17, 15) is 0 Å². The summed E-state index contributed by atoms with van der Waals surface area (Å²) in [5.74, 6) is 1.65. The Hall–Kier alpha value is -0.955. The normalized spacial score (nSPS) is 20.0. The van der Waals surface area contributed by atoms with E-state index in [-0.39, 0.29) is 0 Å². The van der Waals surface area contributed by atoms with Gasteiger partial charge >= 0.3 is 0 Å². The topological polar surface area (TPSA) is 21.3 Å². The Kier molecular flexibility index (Phi) is 3.54. The van der Waals surface area contributed by atoms with E-state index in [4.69, 9.17) is 4.74 Å². The molecule has 2 rings (SSSR count). The van der Waals surface area contributed by atoms with Crippen molar-refractivity contribution >= 4 is 13.3 Å². The maximum absolute atomic E-state index is 5.66. The molecule has 0 saturated heterocycles. The van der Waals surface area contributed by atoms with E-state index >= 15 is 0 Å². The van der Waals surface area contributed by atoms with Crippen molar-refractivity contribution in [3.05, 3.63) is 23.3 Å². The van der Waals surface area contributed by atoms with E-state index in [1.165, 1.54) is 16.6 Å². The van der Waals surface area contributed by atoms with Crippen LogP contribution < -0.4 is 15.5 Å². The van der Waals surface area contributed by atoms with Gasteiger partial charge in [0.1, 0.15) is 13.6 Å². The molecule has 0 bridgehead atoms. The first kappa shape index (κ1) is 11.5. The Labute approximate surface area is 98.8 Å². The second kappa shape index (κ2) is 4.92. The van der Waals surface area contributed by atoms with Gasteiger partial charge in [-0.15, -0.1) is 0 Å². The zero-order chi connectivity index (χ0) is 11.5. The third kappa shape index (κ3) is 2.24. The molecule has 1 aromatic rings. The fraction of sp³-hybridized carbons (Fsp3) is 0.538. The Bertz CT molecular complexity index is 378. The molecule has 1 aliphatic rings. The summed E-state index contributed by atoms with van der Waals surface area (Å²) in [7, 11) is 2.14. The van der Waals surface area contributed by atoms with E-state index in [1.807, 2.05) is 6.92 Å². The van der Waals surface area contributed by atoms with Crippen molar-refractivity contribution < 1.29 is 4.74 Å². The predicted molar refractivity (Wildman–Crippen MR) is 70.8 cm³/mol. The fourth-order valence-electron chi connectivity index (χ4n) is 2.39. The molecule has 1 atom stereocenters. The molecule has 0 amide bonds. The van der Waals surface area contributed by atoms with Crippen LogP contribution in [0, 0.1) is 0 Å². The van der Waals surface area contributed by atoms with Crippen molar-refractivity contribution in [2.24, 2.45) is 0 Å². The van der Waals surface area contributed by atoms with Crippen molar-refractivity contribution in [3.8, 4) is 5.75 Å². The standard InChI is InChI=1S/C13H20BNO/c1-3-16-13-6-10-4-5-15-8-9(2)11(10)7-12(13)14/h6-7,9,15H,3-5,8,14H2,1-2H3. The van der Waals surface area contributed by atoms with E-state index in [0.717, 1.165) is 31.9 Å². The molecule has 16 heavy (non-hydrogen) atoms. The molecule has 0 fully saturated rings. The van der Waals surface area contributed by atoms with Crippen LogP contribution in [0.25, 0.3) is 0 Å². The van der Waals surface area contributed by atoms with Crippen molar-refractivity contribution in [1.29, 1.82) is 0 Å². The number of benzene rings is 1. The summed E-state index contributed by atoms with van der Waals surface area (Å²) in [5, 5.41) is 3.47. The highest BCUT2D eigenvalue weighted by Crippen LogP contribution is 2.24. The molecule has 1 aliphatic heterocycles. The predicted octanol–water partition coefficient (Wildman–Crippen LogP) is 0.593. The van der Waals surface area contributed by atoms with Crippen LogP contribution in [-0.4, -0.2) is 27.5 Å². The van der Waals surface area contributed by atoms with Crippen LogP contribution in [0.15, 0.2) is 12.1 Å². The molecule has 1 N–H and O–H groups in total. The van der Waals surface area contributed by atoms with Gasteiger partial charge in [-0.1, -0.05) is 13.0 Å². The van der Waals surface area contributed by atoms with Gasteiger partial charge in [-0.25, -0.2) is 0 Å². The van der Waals surface area contributed by atoms with Crippen LogP contribution in [0.3, 0.4) is 0 Å². The average molecular weight is 217 g/mol. The number of ether oxygens (including phenoxy) is 1. The Morgan fingerprint density at radius 3 is 3.06 bits per heavy atom. The lowest BCUT2D eigenvalue weighted by molar-refractivity contribution is 0.342. The van der Waals surface area contributed by atoms with Crippen molar-refractivity contribution in [2.75, 3.05) is 19.7 Å². The van der Waals surface area contributed by atoms with Crippen LogP contribution in [0.5, 0.6) is 5.75 Å². The number of hydrogen-bond acceptors (Lipinski definition) is 2. The summed E-state index contributed by atoms with van der Waals surface area (Å²) in [6, 6.07) is 4.54. The number of rotatable bonds is 2. The smallest absolute Gasteiger partial charge is 0.144 e. The van der Waals surface area contributed by atoms with Gasteiger partial charge in [-0.2, -0.15) is 0 Å². The number of hydrogen-bond donors (Lipinski definition) is 1. The molecular weight excluding hydrogens is 197 g/mol. The van der Waals surface area contributed by atoms with Gasteiger partial charge < -0.3 is 10.1 Å². The van der Waals surface area contributed by atoms with Crippen LogP contribution in [0.2, 0.25) is 0 Å². The molecule has 0 saturated carbocycles. The highest BCUT2D eigenvalue weighted by molar-refractivity contribution is 6.34. The third-order valence-electron chi connectivity index (χ3n) is 3.29. The lowest BCUT2D eigenvalue weighted by Crippen LogP contribution is -2.18. The number of nitrogens with one attached hydrogen (secondary N) is 1. The minimum atomic E-state index is 0.604. The second-order valence-electron chi connectivity index (χ2n) is 4.60. The zero-order valence-electron chi connectivity index (χ0n) is 10.5. The summed E-state index contributed by atoms with van der Waals surface area (Å²) < 4.78 is 5.66. The lowest BCUT2D eigenvalue weighted by Gasteiger charge is -2.16. The quantitative estimate of drug-likeness (QED) is 0.732. The highest BCUT2D eigenvalue weighted by atomic mass is 16.5. The van der Waals surface area contributed by atoms with Crippen molar-refractivity contribution in [3.63, 3.8) is 0 Å². The molecular formula is C13H20BNO. The molecule has 86 valence electrons. The third-order valence-corrected chi connectivity index (χ3v) is 3.29. The van der Waals surface area contributed by atoms with Gasteiger partial charge in [0.05, 0.1) is 6.61 Å². The maximum atomic E-state index is 5.66. The summed E-state index contributed by atoms with van der Waals surface area (Å²) in [6.45, 7) is 7.23. The first-order chi connectivity index (χ1) is 7.72. The Morgan fingerprint density at radius 2 is 2.31 bits per heavy atom. The average Bonchev–Trinajstić information content (AvgIpc) is 2.43. The largest absolute Gasteiger partial charge is 0.494 e. The number of fused-ring (bicyclic) bond motifs is 1. The molecule has 0 spiro atoms. The van der Waals surface area contributed by atoms with Gasteiger partial charge in [0.2, 0.25) is 0 Å². The van der Waals surface area contributed by atoms with Gasteiger partial charge in [-0.3, -0.25) is 0 Å². The molecule has 0 aromatic heterocycles. The fourth-order valence-corrected chi connectivity index (χ4v) is 2.39. The second-order valence-corrected chi connectivity index (χ2v) is 4.60. The van der Waals surface area contributed by atoms with Crippen molar-refractivity contribution in [1.82, 2.24) is 5.32 Å². The van der Waals surface area contributed by atoms with Gasteiger partial charge in [-0.05, 0) is 48.5 Å². The van der Waals surface area contributed by atoms with Gasteiger partial charge in [0, 0.05) is 6.54 Å². The minimum absolute atomic E-state index is 0.604. The van der Waals surface area contributed by atoms with Crippen LogP contribution in [-0.2, 0) is 6.42 Å². The maximum Gasteiger partial charge on any atom is 0.144 e.